The van der Waals surface area contributed by atoms with Crippen molar-refractivity contribution >= 4 is 22.0 Å². The van der Waals surface area contributed by atoms with E-state index in [4.69, 9.17) is 9.47 Å². The first-order chi connectivity index (χ1) is 11.1. The van der Waals surface area contributed by atoms with E-state index in [0.717, 1.165) is 12.1 Å². The fourth-order valence-corrected chi connectivity index (χ4v) is 2.03. The molecule has 1 aromatic carbocycles. The molecule has 0 radical (unpaired) electrons. The van der Waals surface area contributed by atoms with Crippen LogP contribution in [-0.4, -0.2) is 16.6 Å². The van der Waals surface area contributed by atoms with E-state index in [0.29, 0.717) is 6.07 Å². The first-order valence-electron chi connectivity index (χ1n) is 6.93. The maximum absolute atomic E-state index is 13.6. The van der Waals surface area contributed by atoms with E-state index >= 15 is 0 Å². The lowest BCUT2D eigenvalue weighted by atomic mass is 10.1. The van der Waals surface area contributed by atoms with E-state index in [1.165, 1.54) is 12.1 Å². The summed E-state index contributed by atoms with van der Waals surface area (Å²) in [6.45, 7) is 5.43. The second kappa shape index (κ2) is 7.12. The third kappa shape index (κ3) is 5.16. The largest absolute Gasteiger partial charge is 0.451 e. The van der Waals surface area contributed by atoms with E-state index < -0.39 is 23.3 Å². The van der Waals surface area contributed by atoms with Gasteiger partial charge in [0.2, 0.25) is 5.88 Å². The van der Waals surface area contributed by atoms with Gasteiger partial charge in [0.1, 0.15) is 5.82 Å². The van der Waals surface area contributed by atoms with Crippen LogP contribution in [0.1, 0.15) is 20.8 Å². The highest BCUT2D eigenvalue weighted by Gasteiger charge is 2.17. The highest BCUT2D eigenvalue weighted by atomic mass is 79.9. The van der Waals surface area contributed by atoms with Gasteiger partial charge in [-0.1, -0.05) is 0 Å². The minimum Gasteiger partial charge on any atom is -0.451 e. The second-order valence-corrected chi connectivity index (χ2v) is 6.63. The number of hydrogen-bond donors (Lipinski definition) is 1. The Bertz CT molecular complexity index is 763. The maximum Gasteiger partial charge on any atom is 0.414 e. The Hall–Kier alpha value is -2.22. The Kier molecular flexibility index (Phi) is 5.38. The van der Waals surface area contributed by atoms with Gasteiger partial charge in [-0.15, -0.1) is 0 Å². The fourth-order valence-electron chi connectivity index (χ4n) is 1.64. The van der Waals surface area contributed by atoms with Crippen LogP contribution in [0.5, 0.6) is 17.4 Å². The SMILES string of the molecule is CC(C)(C)NC(=O)Oc1ccc(Oc2ccc(F)cc2F)c(Br)n1. The standard InChI is InChI=1S/C16H15BrF2N2O3/c1-16(2,3)21-15(22)24-13-7-6-12(14(17)20-13)23-11-5-4-9(18)8-10(11)19/h4-8H,1-3H3,(H,21,22). The van der Waals surface area contributed by atoms with Crippen molar-refractivity contribution in [1.82, 2.24) is 10.3 Å². The topological polar surface area (TPSA) is 60.5 Å². The summed E-state index contributed by atoms with van der Waals surface area (Å²) >= 11 is 3.15. The van der Waals surface area contributed by atoms with Crippen LogP contribution in [0.15, 0.2) is 34.9 Å². The highest BCUT2D eigenvalue weighted by Crippen LogP contribution is 2.31. The van der Waals surface area contributed by atoms with Crippen molar-refractivity contribution in [2.45, 2.75) is 26.3 Å². The first-order valence-corrected chi connectivity index (χ1v) is 7.73. The van der Waals surface area contributed by atoms with Crippen molar-refractivity contribution in [3.05, 3.63) is 46.6 Å². The summed E-state index contributed by atoms with van der Waals surface area (Å²) in [6, 6.07) is 5.79. The van der Waals surface area contributed by atoms with E-state index in [1.54, 1.807) is 0 Å². The molecule has 2 rings (SSSR count). The van der Waals surface area contributed by atoms with Crippen molar-refractivity contribution in [1.29, 1.82) is 0 Å². The smallest absolute Gasteiger partial charge is 0.414 e. The predicted octanol–water partition coefficient (Wildman–Crippen LogP) is 4.80. The molecule has 0 spiro atoms. The Balaban J connectivity index is 2.11. The molecule has 128 valence electrons. The molecule has 0 aliphatic heterocycles. The van der Waals surface area contributed by atoms with E-state index in [9.17, 15) is 13.6 Å². The van der Waals surface area contributed by atoms with Gasteiger partial charge >= 0.3 is 6.09 Å². The van der Waals surface area contributed by atoms with Gasteiger partial charge in [0.25, 0.3) is 0 Å². The molecule has 0 saturated carbocycles. The number of halogens is 3. The third-order valence-corrected chi connectivity index (χ3v) is 3.15. The van der Waals surface area contributed by atoms with Crippen LogP contribution >= 0.6 is 15.9 Å². The fraction of sp³-hybridized carbons (Fsp3) is 0.250. The number of hydrogen-bond acceptors (Lipinski definition) is 4. The summed E-state index contributed by atoms with van der Waals surface area (Å²) in [4.78, 5) is 15.7. The summed E-state index contributed by atoms with van der Waals surface area (Å²) < 4.78 is 37.1. The minimum absolute atomic E-state index is 0.0375. The molecule has 24 heavy (non-hydrogen) atoms. The predicted molar refractivity (Wildman–Crippen MR) is 87.3 cm³/mol. The number of carbonyl (C=O) groups excluding carboxylic acids is 1. The van der Waals surface area contributed by atoms with Gasteiger partial charge in [0.05, 0.1) is 0 Å². The van der Waals surface area contributed by atoms with E-state index in [2.05, 4.69) is 26.2 Å². The van der Waals surface area contributed by atoms with Crippen LogP contribution in [0.4, 0.5) is 13.6 Å². The summed E-state index contributed by atoms with van der Waals surface area (Å²) in [6.07, 6.45) is -0.653. The summed E-state index contributed by atoms with van der Waals surface area (Å²) in [5.74, 6) is -1.48. The molecular formula is C16H15BrF2N2O3. The van der Waals surface area contributed by atoms with Crippen LogP contribution in [0, 0.1) is 11.6 Å². The number of nitrogens with zero attached hydrogens (tertiary/aromatic N) is 1. The van der Waals surface area contributed by atoms with Crippen molar-refractivity contribution in [3.63, 3.8) is 0 Å². The molecule has 1 N–H and O–H groups in total. The van der Waals surface area contributed by atoms with Gasteiger partial charge in [-0.05, 0) is 54.9 Å². The van der Waals surface area contributed by atoms with Crippen LogP contribution in [0.25, 0.3) is 0 Å². The molecule has 1 amide bonds. The normalized spacial score (nSPS) is 11.1. The Morgan fingerprint density at radius 1 is 1.17 bits per heavy atom. The van der Waals surface area contributed by atoms with Gasteiger partial charge in [-0.25, -0.2) is 18.6 Å². The number of nitrogens with one attached hydrogen (secondary N) is 1. The highest BCUT2D eigenvalue weighted by molar-refractivity contribution is 9.10. The number of benzene rings is 1. The monoisotopic (exact) mass is 400 g/mol. The van der Waals surface area contributed by atoms with Crippen molar-refractivity contribution in [2.75, 3.05) is 0 Å². The zero-order valence-electron chi connectivity index (χ0n) is 13.2. The lowest BCUT2D eigenvalue weighted by molar-refractivity contribution is 0.188. The molecule has 2 aromatic rings. The number of carbonyl (C=O) groups is 1. The molecule has 0 aliphatic carbocycles. The lowest BCUT2D eigenvalue weighted by Crippen LogP contribution is -2.42. The van der Waals surface area contributed by atoms with Gasteiger partial charge in [0, 0.05) is 17.7 Å². The van der Waals surface area contributed by atoms with Gasteiger partial charge < -0.3 is 14.8 Å². The molecule has 0 bridgehead atoms. The average molecular weight is 401 g/mol. The molecular weight excluding hydrogens is 386 g/mol. The number of ether oxygens (including phenoxy) is 2. The van der Waals surface area contributed by atoms with Gasteiger partial charge in [-0.2, -0.15) is 0 Å². The van der Waals surface area contributed by atoms with E-state index in [-0.39, 0.29) is 22.0 Å². The van der Waals surface area contributed by atoms with E-state index in [1.807, 2.05) is 20.8 Å². The Morgan fingerprint density at radius 3 is 2.42 bits per heavy atom. The first kappa shape index (κ1) is 18.1. The number of rotatable bonds is 3. The molecule has 1 aromatic heterocycles. The van der Waals surface area contributed by atoms with Gasteiger partial charge in [0.15, 0.2) is 21.9 Å². The Labute approximate surface area is 146 Å². The number of aromatic nitrogens is 1. The zero-order chi connectivity index (χ0) is 17.9. The third-order valence-electron chi connectivity index (χ3n) is 2.58. The molecule has 0 atom stereocenters. The Morgan fingerprint density at radius 2 is 1.83 bits per heavy atom. The van der Waals surface area contributed by atoms with Crippen LogP contribution in [0.3, 0.4) is 0 Å². The molecule has 0 aliphatic rings. The molecule has 0 unspecified atom stereocenters. The summed E-state index contributed by atoms with van der Waals surface area (Å²) in [5.41, 5.74) is -0.447. The van der Waals surface area contributed by atoms with Crippen LogP contribution < -0.4 is 14.8 Å². The van der Waals surface area contributed by atoms with Crippen molar-refractivity contribution in [3.8, 4) is 17.4 Å². The molecule has 5 nitrogen and oxygen atoms in total. The maximum atomic E-state index is 13.6. The lowest BCUT2D eigenvalue weighted by Gasteiger charge is -2.19. The van der Waals surface area contributed by atoms with Crippen LogP contribution in [0.2, 0.25) is 0 Å². The second-order valence-electron chi connectivity index (χ2n) is 5.88. The van der Waals surface area contributed by atoms with Crippen molar-refractivity contribution in [2.24, 2.45) is 0 Å². The minimum atomic E-state index is -0.841. The molecule has 1 heterocycles. The molecule has 8 heteroatoms. The zero-order valence-corrected chi connectivity index (χ0v) is 14.8. The summed E-state index contributed by atoms with van der Waals surface area (Å²) in [7, 11) is 0. The molecule has 0 fully saturated rings. The molecule has 0 saturated heterocycles. The average Bonchev–Trinajstić information content (AvgIpc) is 2.42. The van der Waals surface area contributed by atoms with Gasteiger partial charge in [-0.3, -0.25) is 0 Å². The van der Waals surface area contributed by atoms with Crippen LogP contribution in [-0.2, 0) is 0 Å². The number of amides is 1. The summed E-state index contributed by atoms with van der Waals surface area (Å²) in [5, 5.41) is 2.62. The van der Waals surface area contributed by atoms with Crippen molar-refractivity contribution < 1.29 is 23.0 Å². The quantitative estimate of drug-likeness (QED) is 0.751. The number of pyridine rings is 1.